The molecule has 72 valence electrons. The van der Waals surface area contributed by atoms with Crippen LogP contribution < -0.4 is 0 Å². The minimum atomic E-state index is 0.0902. The van der Waals surface area contributed by atoms with E-state index >= 15 is 0 Å². The number of nitrogens with zero attached hydrogens (tertiary/aromatic N) is 1. The number of fused-ring (bicyclic) bond motifs is 1. The lowest BCUT2D eigenvalue weighted by Crippen LogP contribution is -2.23. The highest BCUT2D eigenvalue weighted by molar-refractivity contribution is 6.08. The minimum absolute atomic E-state index is 0.0902. The Morgan fingerprint density at radius 1 is 1.29 bits per heavy atom. The molecule has 0 aliphatic carbocycles. The molecule has 0 radical (unpaired) electrons. The predicted molar refractivity (Wildman–Crippen MR) is 56.8 cm³/mol. The average Bonchev–Trinajstić information content (AvgIpc) is 2.45. The first-order valence-corrected chi connectivity index (χ1v) is 4.86. The first kappa shape index (κ1) is 9.00. The van der Waals surface area contributed by atoms with Crippen molar-refractivity contribution >= 4 is 11.6 Å². The molecule has 1 aromatic rings. The highest BCUT2D eigenvalue weighted by atomic mass is 16.2. The van der Waals surface area contributed by atoms with Crippen molar-refractivity contribution in [2.45, 2.75) is 13.3 Å². The van der Waals surface area contributed by atoms with E-state index in [1.54, 1.807) is 4.90 Å². The Morgan fingerprint density at radius 2 is 1.93 bits per heavy atom. The topological polar surface area (TPSA) is 20.3 Å². The first-order chi connectivity index (χ1) is 6.75. The van der Waals surface area contributed by atoms with Gasteiger partial charge in [-0.3, -0.25) is 4.79 Å². The molecule has 1 aliphatic heterocycles. The fraction of sp³-hybridized carbons (Fsp3) is 0.250. The van der Waals surface area contributed by atoms with Crippen LogP contribution in [0.4, 0.5) is 0 Å². The van der Waals surface area contributed by atoms with Crippen LogP contribution in [0.25, 0.3) is 5.70 Å². The van der Waals surface area contributed by atoms with E-state index in [1.165, 1.54) is 0 Å². The van der Waals surface area contributed by atoms with Crippen molar-refractivity contribution in [3.8, 4) is 0 Å². The first-order valence-electron chi connectivity index (χ1n) is 4.86. The molecule has 0 bridgehead atoms. The van der Waals surface area contributed by atoms with Gasteiger partial charge in [-0.25, -0.2) is 0 Å². The van der Waals surface area contributed by atoms with Gasteiger partial charge in [-0.05, 0) is 12.5 Å². The molecule has 0 N–H and O–H groups in total. The van der Waals surface area contributed by atoms with Gasteiger partial charge >= 0.3 is 0 Å². The largest absolute Gasteiger partial charge is 0.308 e. The number of hydrogen-bond acceptors (Lipinski definition) is 1. The number of benzene rings is 1. The van der Waals surface area contributed by atoms with Gasteiger partial charge in [-0.1, -0.05) is 31.7 Å². The second-order valence-electron chi connectivity index (χ2n) is 3.45. The van der Waals surface area contributed by atoms with Gasteiger partial charge in [0.25, 0.3) is 5.91 Å². The highest BCUT2D eigenvalue weighted by Crippen LogP contribution is 2.30. The van der Waals surface area contributed by atoms with Crippen LogP contribution in [0.5, 0.6) is 0 Å². The van der Waals surface area contributed by atoms with E-state index in [9.17, 15) is 4.79 Å². The number of rotatable bonds is 2. The van der Waals surface area contributed by atoms with Crippen molar-refractivity contribution in [1.29, 1.82) is 0 Å². The summed E-state index contributed by atoms with van der Waals surface area (Å²) in [4.78, 5) is 13.6. The predicted octanol–water partition coefficient (Wildman–Crippen LogP) is 2.52. The lowest BCUT2D eigenvalue weighted by atomic mass is 10.1. The Bertz CT molecular complexity index is 360. The Labute approximate surface area is 83.8 Å². The highest BCUT2D eigenvalue weighted by Gasteiger charge is 2.29. The van der Waals surface area contributed by atoms with E-state index in [-0.39, 0.29) is 5.91 Å². The fourth-order valence-electron chi connectivity index (χ4n) is 1.79. The van der Waals surface area contributed by atoms with Crippen molar-refractivity contribution in [2.24, 2.45) is 0 Å². The molecular weight excluding hydrogens is 174 g/mol. The summed E-state index contributed by atoms with van der Waals surface area (Å²) in [5.74, 6) is 0.0902. The maximum atomic E-state index is 11.9. The van der Waals surface area contributed by atoms with Gasteiger partial charge in [0.05, 0.1) is 0 Å². The summed E-state index contributed by atoms with van der Waals surface area (Å²) in [5.41, 5.74) is 2.60. The molecule has 0 saturated heterocycles. The average molecular weight is 187 g/mol. The lowest BCUT2D eigenvalue weighted by molar-refractivity contribution is 0.0850. The number of carbonyl (C=O) groups is 1. The molecule has 0 unspecified atom stereocenters. The zero-order chi connectivity index (χ0) is 10.1. The van der Waals surface area contributed by atoms with Crippen LogP contribution in [0.1, 0.15) is 29.3 Å². The summed E-state index contributed by atoms with van der Waals surface area (Å²) in [7, 11) is 0. The molecule has 14 heavy (non-hydrogen) atoms. The van der Waals surface area contributed by atoms with Gasteiger partial charge in [-0.15, -0.1) is 0 Å². The Kier molecular flexibility index (Phi) is 2.12. The second kappa shape index (κ2) is 3.29. The molecule has 0 fully saturated rings. The zero-order valence-corrected chi connectivity index (χ0v) is 8.29. The summed E-state index contributed by atoms with van der Waals surface area (Å²) in [6, 6.07) is 7.63. The van der Waals surface area contributed by atoms with Crippen molar-refractivity contribution in [3.63, 3.8) is 0 Å². The molecule has 0 aromatic heterocycles. The normalized spacial score (nSPS) is 14.8. The molecule has 1 aromatic carbocycles. The molecule has 1 aliphatic rings. The monoisotopic (exact) mass is 187 g/mol. The maximum Gasteiger partial charge on any atom is 0.258 e. The van der Waals surface area contributed by atoms with Crippen molar-refractivity contribution < 1.29 is 4.79 Å². The van der Waals surface area contributed by atoms with Crippen LogP contribution in [0.15, 0.2) is 30.8 Å². The zero-order valence-electron chi connectivity index (χ0n) is 8.29. The Morgan fingerprint density at radius 3 is 2.50 bits per heavy atom. The van der Waals surface area contributed by atoms with Crippen LogP contribution >= 0.6 is 0 Å². The van der Waals surface area contributed by atoms with Crippen molar-refractivity contribution in [3.05, 3.63) is 42.0 Å². The van der Waals surface area contributed by atoms with Crippen LogP contribution in [0, 0.1) is 0 Å². The number of hydrogen-bond donors (Lipinski definition) is 0. The molecule has 1 heterocycles. The van der Waals surface area contributed by atoms with Gasteiger partial charge < -0.3 is 4.90 Å². The van der Waals surface area contributed by atoms with Gasteiger partial charge in [0.15, 0.2) is 0 Å². The summed E-state index contributed by atoms with van der Waals surface area (Å²) < 4.78 is 0. The third-order valence-corrected chi connectivity index (χ3v) is 2.49. The second-order valence-corrected chi connectivity index (χ2v) is 3.45. The fourth-order valence-corrected chi connectivity index (χ4v) is 1.79. The smallest absolute Gasteiger partial charge is 0.258 e. The third kappa shape index (κ3) is 1.15. The van der Waals surface area contributed by atoms with Crippen molar-refractivity contribution in [2.75, 3.05) is 6.54 Å². The van der Waals surface area contributed by atoms with E-state index in [0.29, 0.717) is 0 Å². The Hall–Kier alpha value is -1.57. The Balaban J connectivity index is 2.43. The molecule has 2 heteroatoms. The SMILES string of the molecule is C=C1c2ccccc2C(=O)N1CCC. The van der Waals surface area contributed by atoms with E-state index in [1.807, 2.05) is 24.3 Å². The molecule has 2 nitrogen and oxygen atoms in total. The van der Waals surface area contributed by atoms with Gasteiger partial charge in [0.1, 0.15) is 0 Å². The molecule has 0 saturated carbocycles. The minimum Gasteiger partial charge on any atom is -0.308 e. The molecule has 0 spiro atoms. The number of carbonyl (C=O) groups excluding carboxylic acids is 1. The molecular formula is C12H13NO. The third-order valence-electron chi connectivity index (χ3n) is 2.49. The van der Waals surface area contributed by atoms with Gasteiger partial charge in [-0.2, -0.15) is 0 Å². The van der Waals surface area contributed by atoms with Crippen molar-refractivity contribution in [1.82, 2.24) is 4.90 Å². The standard InChI is InChI=1S/C12H13NO/c1-3-8-13-9(2)10-6-4-5-7-11(10)12(13)14/h4-7H,2-3,8H2,1H3. The van der Waals surface area contributed by atoms with E-state index < -0.39 is 0 Å². The van der Waals surface area contributed by atoms with Crippen LogP contribution in [0.3, 0.4) is 0 Å². The number of amides is 1. The summed E-state index contributed by atoms with van der Waals surface area (Å²) >= 11 is 0. The quantitative estimate of drug-likeness (QED) is 0.696. The van der Waals surface area contributed by atoms with E-state index in [2.05, 4.69) is 13.5 Å². The molecule has 2 rings (SSSR count). The molecule has 0 atom stereocenters. The van der Waals surface area contributed by atoms with E-state index in [0.717, 1.165) is 29.8 Å². The van der Waals surface area contributed by atoms with Crippen LogP contribution in [-0.2, 0) is 0 Å². The summed E-state index contributed by atoms with van der Waals surface area (Å²) in [5, 5.41) is 0. The lowest BCUT2D eigenvalue weighted by Gasteiger charge is -2.15. The van der Waals surface area contributed by atoms with E-state index in [4.69, 9.17) is 0 Å². The molecule has 1 amide bonds. The van der Waals surface area contributed by atoms with Crippen LogP contribution in [0.2, 0.25) is 0 Å². The maximum absolute atomic E-state index is 11.9. The van der Waals surface area contributed by atoms with Crippen LogP contribution in [-0.4, -0.2) is 17.4 Å². The summed E-state index contributed by atoms with van der Waals surface area (Å²) in [6.07, 6.45) is 0.957. The van der Waals surface area contributed by atoms with Gasteiger partial charge in [0, 0.05) is 23.4 Å². The van der Waals surface area contributed by atoms with Gasteiger partial charge in [0.2, 0.25) is 0 Å². The summed E-state index contributed by atoms with van der Waals surface area (Å²) in [6.45, 7) is 6.77.